The molecule has 0 radical (unpaired) electrons. The van der Waals surface area contributed by atoms with Crippen LogP contribution < -0.4 is 11.1 Å². The molecule has 3 N–H and O–H groups in total. The standard InChI is InChI=1S/C15H23N3O/c1-2-8-17-14(15(16)19)11-18-9-7-12-5-3-4-6-13(12)10-18/h3-6,14,17H,2,7-11H2,1H3,(H2,16,19). The van der Waals surface area contributed by atoms with E-state index in [-0.39, 0.29) is 11.9 Å². The molecule has 0 saturated carbocycles. The molecule has 2 rings (SSSR count). The first-order chi connectivity index (χ1) is 9.20. The van der Waals surface area contributed by atoms with E-state index in [4.69, 9.17) is 5.73 Å². The van der Waals surface area contributed by atoms with Crippen LogP contribution in [0.2, 0.25) is 0 Å². The van der Waals surface area contributed by atoms with E-state index in [1.54, 1.807) is 0 Å². The summed E-state index contributed by atoms with van der Waals surface area (Å²) in [7, 11) is 0. The van der Waals surface area contributed by atoms with E-state index < -0.39 is 0 Å². The molecule has 0 spiro atoms. The van der Waals surface area contributed by atoms with Crippen LogP contribution in [-0.2, 0) is 17.8 Å². The van der Waals surface area contributed by atoms with E-state index in [2.05, 4.69) is 41.4 Å². The van der Waals surface area contributed by atoms with E-state index in [1.165, 1.54) is 11.1 Å². The van der Waals surface area contributed by atoms with Crippen LogP contribution in [0.4, 0.5) is 0 Å². The van der Waals surface area contributed by atoms with Crippen LogP contribution in [0.25, 0.3) is 0 Å². The Balaban J connectivity index is 1.94. The predicted molar refractivity (Wildman–Crippen MR) is 76.7 cm³/mol. The van der Waals surface area contributed by atoms with Crippen LogP contribution in [0.15, 0.2) is 24.3 Å². The molecule has 1 amide bonds. The van der Waals surface area contributed by atoms with Crippen molar-refractivity contribution in [3.05, 3.63) is 35.4 Å². The van der Waals surface area contributed by atoms with Gasteiger partial charge in [0.1, 0.15) is 0 Å². The van der Waals surface area contributed by atoms with Crippen LogP contribution in [-0.4, -0.2) is 36.5 Å². The molecule has 0 aliphatic carbocycles. The molecule has 1 aliphatic heterocycles. The Labute approximate surface area is 115 Å². The second kappa shape index (κ2) is 6.68. The summed E-state index contributed by atoms with van der Waals surface area (Å²) in [6.45, 7) is 5.52. The van der Waals surface area contributed by atoms with Crippen molar-refractivity contribution in [1.82, 2.24) is 10.2 Å². The largest absolute Gasteiger partial charge is 0.368 e. The molecule has 1 aromatic carbocycles. The summed E-state index contributed by atoms with van der Waals surface area (Å²) >= 11 is 0. The fourth-order valence-electron chi connectivity index (χ4n) is 2.54. The zero-order chi connectivity index (χ0) is 13.7. The Bertz CT molecular complexity index is 433. The van der Waals surface area contributed by atoms with Gasteiger partial charge in [-0.15, -0.1) is 0 Å². The molecule has 0 aromatic heterocycles. The van der Waals surface area contributed by atoms with Crippen molar-refractivity contribution in [2.75, 3.05) is 19.6 Å². The molecule has 19 heavy (non-hydrogen) atoms. The summed E-state index contributed by atoms with van der Waals surface area (Å²) < 4.78 is 0. The van der Waals surface area contributed by atoms with Crippen molar-refractivity contribution in [3.63, 3.8) is 0 Å². The van der Waals surface area contributed by atoms with Gasteiger partial charge < -0.3 is 11.1 Å². The highest BCUT2D eigenvalue weighted by atomic mass is 16.1. The van der Waals surface area contributed by atoms with Gasteiger partial charge in [-0.25, -0.2) is 0 Å². The van der Waals surface area contributed by atoms with Crippen LogP contribution in [0.3, 0.4) is 0 Å². The monoisotopic (exact) mass is 261 g/mol. The molecule has 1 aliphatic rings. The van der Waals surface area contributed by atoms with Gasteiger partial charge in [0.2, 0.25) is 5.91 Å². The molecule has 0 fully saturated rings. The number of fused-ring (bicyclic) bond motifs is 1. The number of benzene rings is 1. The minimum Gasteiger partial charge on any atom is -0.368 e. The molecule has 4 heteroatoms. The van der Waals surface area contributed by atoms with E-state index in [9.17, 15) is 4.79 Å². The van der Waals surface area contributed by atoms with Crippen LogP contribution >= 0.6 is 0 Å². The summed E-state index contributed by atoms with van der Waals surface area (Å²) in [6.07, 6.45) is 2.06. The zero-order valence-electron chi connectivity index (χ0n) is 11.6. The molecule has 0 saturated heterocycles. The van der Waals surface area contributed by atoms with Gasteiger partial charge >= 0.3 is 0 Å². The minimum absolute atomic E-state index is 0.245. The third-order valence-corrected chi connectivity index (χ3v) is 3.63. The Morgan fingerprint density at radius 3 is 2.84 bits per heavy atom. The number of nitrogens with one attached hydrogen (secondary N) is 1. The number of carbonyl (C=O) groups is 1. The Morgan fingerprint density at radius 2 is 2.16 bits per heavy atom. The smallest absolute Gasteiger partial charge is 0.235 e. The number of nitrogens with two attached hydrogens (primary N) is 1. The van der Waals surface area contributed by atoms with Gasteiger partial charge in [-0.05, 0) is 30.5 Å². The van der Waals surface area contributed by atoms with Crippen molar-refractivity contribution >= 4 is 5.91 Å². The van der Waals surface area contributed by atoms with Gasteiger partial charge in [0.25, 0.3) is 0 Å². The van der Waals surface area contributed by atoms with Crippen molar-refractivity contribution < 1.29 is 4.79 Å². The third kappa shape index (κ3) is 3.78. The number of rotatable bonds is 6. The Kier molecular flexibility index (Phi) is 4.93. The molecule has 1 atom stereocenters. The normalized spacial score (nSPS) is 16.9. The molecule has 4 nitrogen and oxygen atoms in total. The lowest BCUT2D eigenvalue weighted by Crippen LogP contribution is -2.50. The number of hydrogen-bond acceptors (Lipinski definition) is 3. The van der Waals surface area contributed by atoms with Crippen molar-refractivity contribution in [1.29, 1.82) is 0 Å². The topological polar surface area (TPSA) is 58.4 Å². The van der Waals surface area contributed by atoms with Gasteiger partial charge in [-0.2, -0.15) is 0 Å². The van der Waals surface area contributed by atoms with E-state index >= 15 is 0 Å². The van der Waals surface area contributed by atoms with Crippen molar-refractivity contribution in [3.8, 4) is 0 Å². The SMILES string of the molecule is CCCNC(CN1CCc2ccccc2C1)C(N)=O. The lowest BCUT2D eigenvalue weighted by atomic mass is 9.99. The van der Waals surface area contributed by atoms with Gasteiger partial charge in [0, 0.05) is 19.6 Å². The molecule has 1 heterocycles. The quantitative estimate of drug-likeness (QED) is 0.800. The second-order valence-corrected chi connectivity index (χ2v) is 5.16. The maximum atomic E-state index is 11.5. The van der Waals surface area contributed by atoms with Crippen molar-refractivity contribution in [2.24, 2.45) is 5.73 Å². The third-order valence-electron chi connectivity index (χ3n) is 3.63. The van der Waals surface area contributed by atoms with Crippen LogP contribution in [0.5, 0.6) is 0 Å². The number of hydrogen-bond donors (Lipinski definition) is 2. The number of amides is 1. The molecular formula is C15H23N3O. The predicted octanol–water partition coefficient (Wildman–Crippen LogP) is 0.898. The van der Waals surface area contributed by atoms with Crippen LogP contribution in [0.1, 0.15) is 24.5 Å². The first kappa shape index (κ1) is 14.0. The molecule has 1 unspecified atom stereocenters. The first-order valence-corrected chi connectivity index (χ1v) is 7.02. The van der Waals surface area contributed by atoms with E-state index in [1.807, 2.05) is 0 Å². The first-order valence-electron chi connectivity index (χ1n) is 7.02. The van der Waals surface area contributed by atoms with E-state index in [0.717, 1.165) is 32.5 Å². The molecular weight excluding hydrogens is 238 g/mol. The lowest BCUT2D eigenvalue weighted by Gasteiger charge is -2.31. The number of carbonyl (C=O) groups excluding carboxylic acids is 1. The minimum atomic E-state index is -0.257. The highest BCUT2D eigenvalue weighted by molar-refractivity contribution is 5.80. The fourth-order valence-corrected chi connectivity index (χ4v) is 2.54. The maximum absolute atomic E-state index is 11.5. The summed E-state index contributed by atoms with van der Waals surface area (Å²) in [5.41, 5.74) is 8.26. The highest BCUT2D eigenvalue weighted by Gasteiger charge is 2.21. The Hall–Kier alpha value is -1.39. The molecule has 104 valence electrons. The van der Waals surface area contributed by atoms with Gasteiger partial charge in [-0.3, -0.25) is 9.69 Å². The Morgan fingerprint density at radius 1 is 1.42 bits per heavy atom. The fraction of sp³-hybridized carbons (Fsp3) is 0.533. The van der Waals surface area contributed by atoms with Crippen molar-refractivity contribution in [2.45, 2.75) is 32.4 Å². The van der Waals surface area contributed by atoms with Crippen LogP contribution in [0, 0.1) is 0 Å². The lowest BCUT2D eigenvalue weighted by molar-refractivity contribution is -0.120. The number of nitrogens with zero attached hydrogens (tertiary/aromatic N) is 1. The van der Waals surface area contributed by atoms with E-state index in [0.29, 0.717) is 6.54 Å². The summed E-state index contributed by atoms with van der Waals surface area (Å²) in [6, 6.07) is 8.27. The van der Waals surface area contributed by atoms with Gasteiger partial charge in [-0.1, -0.05) is 31.2 Å². The highest BCUT2D eigenvalue weighted by Crippen LogP contribution is 2.18. The number of primary amides is 1. The average Bonchev–Trinajstić information content (AvgIpc) is 2.43. The molecule has 0 bridgehead atoms. The van der Waals surface area contributed by atoms with Gasteiger partial charge in [0.05, 0.1) is 6.04 Å². The molecule has 1 aromatic rings. The summed E-state index contributed by atoms with van der Waals surface area (Å²) in [4.78, 5) is 13.8. The second-order valence-electron chi connectivity index (χ2n) is 5.16. The zero-order valence-corrected chi connectivity index (χ0v) is 11.6. The van der Waals surface area contributed by atoms with Gasteiger partial charge in [0.15, 0.2) is 0 Å². The average molecular weight is 261 g/mol. The maximum Gasteiger partial charge on any atom is 0.235 e. The summed E-state index contributed by atoms with van der Waals surface area (Å²) in [5, 5.41) is 3.22. The summed E-state index contributed by atoms with van der Waals surface area (Å²) in [5.74, 6) is -0.257.